The van der Waals surface area contributed by atoms with E-state index in [0.29, 0.717) is 23.6 Å². The Hall–Kier alpha value is -1.05. The smallest absolute Gasteiger partial charge is 0.256 e. The molecule has 0 spiro atoms. The summed E-state index contributed by atoms with van der Waals surface area (Å²) in [7, 11) is 0. The van der Waals surface area contributed by atoms with Gasteiger partial charge in [-0.25, -0.2) is 0 Å². The maximum absolute atomic E-state index is 12.6. The number of nitrogens with one attached hydrogen (secondary N) is 1. The quantitative estimate of drug-likeness (QED) is 0.899. The second-order valence-corrected chi connectivity index (χ2v) is 7.54. The number of thioether (sulfide) groups is 1. The predicted octanol–water partition coefficient (Wildman–Crippen LogP) is 1.62. The molecule has 1 aromatic heterocycles. The number of aromatic nitrogens is 1. The summed E-state index contributed by atoms with van der Waals surface area (Å²) in [6, 6.07) is 0. The van der Waals surface area contributed by atoms with E-state index in [4.69, 9.17) is 9.26 Å². The maximum Gasteiger partial charge on any atom is 0.256 e. The molecule has 1 N–H and O–H groups in total. The Morgan fingerprint density at radius 2 is 2.00 bits per heavy atom. The molecule has 0 bridgehead atoms. The Morgan fingerprint density at radius 3 is 2.61 bits per heavy atom. The summed E-state index contributed by atoms with van der Waals surface area (Å²) in [5, 5.41) is 7.00. The fourth-order valence-corrected chi connectivity index (χ4v) is 4.44. The van der Waals surface area contributed by atoms with Crippen LogP contribution in [0.3, 0.4) is 0 Å². The molecule has 6 nitrogen and oxygen atoms in total. The minimum absolute atomic E-state index is 0.0217. The third kappa shape index (κ3) is 3.56. The molecule has 0 aliphatic carbocycles. The minimum atomic E-state index is -0.0847. The van der Waals surface area contributed by atoms with Crippen molar-refractivity contribution in [1.29, 1.82) is 0 Å². The van der Waals surface area contributed by atoms with Gasteiger partial charge in [0.2, 0.25) is 0 Å². The van der Waals surface area contributed by atoms with Crippen molar-refractivity contribution in [3.05, 3.63) is 17.0 Å². The van der Waals surface area contributed by atoms with Crippen LogP contribution in [0.5, 0.6) is 0 Å². The van der Waals surface area contributed by atoms with Crippen molar-refractivity contribution in [2.45, 2.75) is 32.2 Å². The molecule has 0 atom stereocenters. The van der Waals surface area contributed by atoms with Gasteiger partial charge in [-0.2, -0.15) is 11.8 Å². The van der Waals surface area contributed by atoms with Gasteiger partial charge in [0.15, 0.2) is 0 Å². The van der Waals surface area contributed by atoms with E-state index in [2.05, 4.69) is 15.4 Å². The van der Waals surface area contributed by atoms with E-state index < -0.39 is 0 Å². The van der Waals surface area contributed by atoms with Crippen molar-refractivity contribution in [3.63, 3.8) is 0 Å². The maximum atomic E-state index is 12.6. The number of hydrogen-bond acceptors (Lipinski definition) is 6. The summed E-state index contributed by atoms with van der Waals surface area (Å²) in [6.45, 7) is 7.95. The Balaban J connectivity index is 1.70. The normalized spacial score (nSPS) is 22.0. The van der Waals surface area contributed by atoms with E-state index in [1.807, 2.05) is 11.8 Å². The summed E-state index contributed by atoms with van der Waals surface area (Å²) in [5.74, 6) is 2.83. The van der Waals surface area contributed by atoms with E-state index in [1.54, 1.807) is 13.8 Å². The van der Waals surface area contributed by atoms with E-state index in [9.17, 15) is 4.79 Å². The predicted molar refractivity (Wildman–Crippen MR) is 90.0 cm³/mol. The summed E-state index contributed by atoms with van der Waals surface area (Å²) in [6.07, 6.45) is 1.94. The molecule has 2 aliphatic rings. The molecule has 7 heteroatoms. The van der Waals surface area contributed by atoms with Crippen LogP contribution in [0.25, 0.3) is 0 Å². The van der Waals surface area contributed by atoms with Crippen LogP contribution in [0.4, 0.5) is 0 Å². The highest BCUT2D eigenvalue weighted by Crippen LogP contribution is 2.30. The number of hydrogen-bond donors (Lipinski definition) is 1. The largest absolute Gasteiger partial charge is 0.381 e. The molecule has 2 fully saturated rings. The van der Waals surface area contributed by atoms with Gasteiger partial charge in [-0.1, -0.05) is 5.16 Å². The lowest BCUT2D eigenvalue weighted by Crippen LogP contribution is -2.60. The van der Waals surface area contributed by atoms with Crippen molar-refractivity contribution in [2.24, 2.45) is 0 Å². The van der Waals surface area contributed by atoms with Crippen LogP contribution in [-0.2, 0) is 4.74 Å². The molecule has 0 saturated carbocycles. The molecule has 2 saturated heterocycles. The van der Waals surface area contributed by atoms with E-state index in [0.717, 1.165) is 39.1 Å². The summed E-state index contributed by atoms with van der Waals surface area (Å²) >= 11 is 2.01. The van der Waals surface area contributed by atoms with Crippen LogP contribution in [-0.4, -0.2) is 65.9 Å². The molecule has 2 aliphatic heterocycles. The van der Waals surface area contributed by atoms with Gasteiger partial charge < -0.3 is 14.6 Å². The van der Waals surface area contributed by atoms with Gasteiger partial charge in [0, 0.05) is 49.9 Å². The Morgan fingerprint density at radius 1 is 1.30 bits per heavy atom. The SMILES string of the molecule is Cc1noc(C)c1C(=O)NCC1(N2CCSCC2)CCOCC1. The lowest BCUT2D eigenvalue weighted by Gasteiger charge is -2.48. The third-order valence-corrected chi connectivity index (χ3v) is 5.89. The molecular weight excluding hydrogens is 314 g/mol. The first-order valence-corrected chi connectivity index (χ1v) is 9.39. The lowest BCUT2D eigenvalue weighted by molar-refractivity contribution is -0.0237. The number of carbonyl (C=O) groups excluding carboxylic acids is 1. The molecule has 1 amide bonds. The van der Waals surface area contributed by atoms with Crippen LogP contribution in [0.1, 0.15) is 34.7 Å². The Kier molecular flexibility index (Phi) is 5.28. The number of amides is 1. The summed E-state index contributed by atoms with van der Waals surface area (Å²) in [5.41, 5.74) is 1.24. The van der Waals surface area contributed by atoms with E-state index in [1.165, 1.54) is 11.5 Å². The zero-order valence-electron chi connectivity index (χ0n) is 13.9. The van der Waals surface area contributed by atoms with Crippen LogP contribution >= 0.6 is 11.8 Å². The van der Waals surface area contributed by atoms with Gasteiger partial charge >= 0.3 is 0 Å². The number of nitrogens with zero attached hydrogens (tertiary/aromatic N) is 2. The van der Waals surface area contributed by atoms with Crippen molar-refractivity contribution < 1.29 is 14.1 Å². The standard InChI is InChI=1S/C16H25N3O3S/c1-12-14(13(2)22-18-12)15(20)17-11-16(3-7-21-8-4-16)19-5-9-23-10-6-19/h3-11H2,1-2H3,(H,17,20). The zero-order chi connectivity index (χ0) is 16.3. The third-order valence-electron chi connectivity index (χ3n) is 4.94. The van der Waals surface area contributed by atoms with Gasteiger partial charge in [0.1, 0.15) is 11.3 Å². The lowest BCUT2D eigenvalue weighted by atomic mass is 9.87. The van der Waals surface area contributed by atoms with Crippen molar-refractivity contribution in [2.75, 3.05) is 44.4 Å². The Labute approximate surface area is 141 Å². The average molecular weight is 339 g/mol. The molecule has 1 aromatic rings. The van der Waals surface area contributed by atoms with Gasteiger partial charge in [0.25, 0.3) is 5.91 Å². The first kappa shape index (κ1) is 16.8. The molecule has 3 rings (SSSR count). The number of aryl methyl sites for hydroxylation is 2. The second kappa shape index (κ2) is 7.23. The molecule has 128 valence electrons. The van der Waals surface area contributed by atoms with Crippen molar-refractivity contribution in [1.82, 2.24) is 15.4 Å². The first-order chi connectivity index (χ1) is 11.1. The Bertz CT molecular complexity index is 529. The molecule has 0 aromatic carbocycles. The van der Waals surface area contributed by atoms with Crippen LogP contribution in [0.2, 0.25) is 0 Å². The molecule has 0 unspecified atom stereocenters. The molecule has 0 radical (unpaired) electrons. The highest BCUT2D eigenvalue weighted by atomic mass is 32.2. The topological polar surface area (TPSA) is 67.6 Å². The fraction of sp³-hybridized carbons (Fsp3) is 0.750. The summed E-state index contributed by atoms with van der Waals surface area (Å²) in [4.78, 5) is 15.1. The summed E-state index contributed by atoms with van der Waals surface area (Å²) < 4.78 is 10.7. The highest BCUT2D eigenvalue weighted by Gasteiger charge is 2.39. The molecular formula is C16H25N3O3S. The van der Waals surface area contributed by atoms with Gasteiger partial charge in [0.05, 0.1) is 5.69 Å². The van der Waals surface area contributed by atoms with Crippen LogP contribution < -0.4 is 5.32 Å². The zero-order valence-corrected chi connectivity index (χ0v) is 14.7. The monoisotopic (exact) mass is 339 g/mol. The highest BCUT2D eigenvalue weighted by molar-refractivity contribution is 7.99. The van der Waals surface area contributed by atoms with Crippen molar-refractivity contribution >= 4 is 17.7 Å². The second-order valence-electron chi connectivity index (χ2n) is 6.32. The first-order valence-electron chi connectivity index (χ1n) is 8.24. The van der Waals surface area contributed by atoms with Gasteiger partial charge in [-0.3, -0.25) is 9.69 Å². The fourth-order valence-electron chi connectivity index (χ4n) is 3.53. The van der Waals surface area contributed by atoms with Crippen LogP contribution in [0, 0.1) is 13.8 Å². The van der Waals surface area contributed by atoms with E-state index >= 15 is 0 Å². The number of rotatable bonds is 4. The van der Waals surface area contributed by atoms with E-state index in [-0.39, 0.29) is 11.4 Å². The van der Waals surface area contributed by atoms with Gasteiger partial charge in [-0.15, -0.1) is 0 Å². The molecule has 3 heterocycles. The average Bonchev–Trinajstić information content (AvgIpc) is 2.93. The minimum Gasteiger partial charge on any atom is -0.381 e. The molecule has 23 heavy (non-hydrogen) atoms. The van der Waals surface area contributed by atoms with Crippen LogP contribution in [0.15, 0.2) is 4.52 Å². The number of ether oxygens (including phenoxy) is 1. The number of carbonyl (C=O) groups is 1. The van der Waals surface area contributed by atoms with Crippen molar-refractivity contribution in [3.8, 4) is 0 Å². The van der Waals surface area contributed by atoms with Gasteiger partial charge in [-0.05, 0) is 26.7 Å².